The van der Waals surface area contributed by atoms with E-state index in [1.165, 1.54) is 0 Å². The molecule has 0 aliphatic heterocycles. The van der Waals surface area contributed by atoms with Crippen LogP contribution < -0.4 is 10.6 Å². The molecule has 8 heteroatoms. The molecule has 0 saturated heterocycles. The monoisotopic (exact) mass is 440 g/mol. The van der Waals surface area contributed by atoms with Gasteiger partial charge in [-0.15, -0.1) is 34.2 Å². The van der Waals surface area contributed by atoms with Crippen LogP contribution in [0.3, 0.4) is 0 Å². The smallest absolute Gasteiger partial charge is 0.191 e. The first-order valence-electron chi connectivity index (χ1n) is 7.61. The zero-order valence-electron chi connectivity index (χ0n) is 14.0. The summed E-state index contributed by atoms with van der Waals surface area (Å²) in [6.45, 7) is 8.92. The third-order valence-electron chi connectivity index (χ3n) is 3.22. The highest BCUT2D eigenvalue weighted by molar-refractivity contribution is 14.0. The van der Waals surface area contributed by atoms with Gasteiger partial charge < -0.3 is 15.2 Å². The summed E-state index contributed by atoms with van der Waals surface area (Å²) in [7, 11) is 0. The maximum atomic E-state index is 4.60. The molecular weight excluding hydrogens is 411 g/mol. The van der Waals surface area contributed by atoms with Gasteiger partial charge in [-0.1, -0.05) is 13.8 Å². The lowest BCUT2D eigenvalue weighted by Gasteiger charge is -2.17. The number of guanidine groups is 1. The largest absolute Gasteiger partial charge is 0.355 e. The summed E-state index contributed by atoms with van der Waals surface area (Å²) < 4.78 is 2.08. The topological polar surface area (TPSA) is 67.1 Å². The molecule has 0 spiro atoms. The molecule has 0 saturated carbocycles. The number of aromatic nitrogens is 3. The number of aryl methyl sites for hydroxylation is 1. The average Bonchev–Trinajstić information content (AvgIpc) is 2.94. The number of hydrogen-bond donors (Lipinski definition) is 2. The van der Waals surface area contributed by atoms with Crippen LogP contribution in [0.1, 0.15) is 33.0 Å². The summed E-state index contributed by atoms with van der Waals surface area (Å²) in [5, 5.41) is 14.9. The van der Waals surface area contributed by atoms with Crippen molar-refractivity contribution in [1.82, 2.24) is 25.4 Å². The van der Waals surface area contributed by atoms with Gasteiger partial charge >= 0.3 is 0 Å². The van der Waals surface area contributed by atoms with E-state index in [0.29, 0.717) is 6.04 Å². The minimum absolute atomic E-state index is 0. The van der Waals surface area contributed by atoms with E-state index in [4.69, 9.17) is 0 Å². The van der Waals surface area contributed by atoms with E-state index in [1.54, 1.807) is 6.33 Å². The van der Waals surface area contributed by atoms with Crippen LogP contribution in [0.15, 0.2) is 11.3 Å². The third-order valence-corrected chi connectivity index (χ3v) is 3.81. The van der Waals surface area contributed by atoms with Crippen LogP contribution in [0.25, 0.3) is 0 Å². The number of nitrogens with one attached hydrogen (secondary N) is 2. The summed E-state index contributed by atoms with van der Waals surface area (Å²) in [5.74, 6) is 2.95. The summed E-state index contributed by atoms with van der Waals surface area (Å²) in [5.41, 5.74) is 0. The Labute approximate surface area is 155 Å². The van der Waals surface area contributed by atoms with E-state index < -0.39 is 0 Å². The van der Waals surface area contributed by atoms with Gasteiger partial charge in [-0.2, -0.15) is 11.8 Å². The molecule has 0 bridgehead atoms. The van der Waals surface area contributed by atoms with Gasteiger partial charge in [0, 0.05) is 31.3 Å². The van der Waals surface area contributed by atoms with Gasteiger partial charge in [-0.05, 0) is 19.6 Å². The number of nitrogens with zero attached hydrogens (tertiary/aromatic N) is 4. The molecule has 6 nitrogen and oxygen atoms in total. The van der Waals surface area contributed by atoms with Crippen molar-refractivity contribution in [2.45, 2.75) is 46.2 Å². The molecular formula is C14H29IN6S. The molecule has 0 fully saturated rings. The molecule has 0 aliphatic carbocycles. The maximum absolute atomic E-state index is 4.60. The van der Waals surface area contributed by atoms with E-state index in [2.05, 4.69) is 57.4 Å². The van der Waals surface area contributed by atoms with E-state index >= 15 is 0 Å². The Kier molecular flexibility index (Phi) is 12.7. The Balaban J connectivity index is 0.00000441. The highest BCUT2D eigenvalue weighted by Gasteiger charge is 2.04. The van der Waals surface area contributed by atoms with Gasteiger partial charge in [0.2, 0.25) is 0 Å². The lowest BCUT2D eigenvalue weighted by Crippen LogP contribution is -2.43. The van der Waals surface area contributed by atoms with Crippen LogP contribution in [0.4, 0.5) is 0 Å². The fourth-order valence-electron chi connectivity index (χ4n) is 1.77. The molecule has 1 heterocycles. The standard InChI is InChI=1S/C14H28N6S.HI/c1-5-12(3)18-14(16-8-10-21-4)15-7-9-20-11-17-19-13(20)6-2;/h11-12H,5-10H2,1-4H3,(H2,15,16,18);1H. The van der Waals surface area contributed by atoms with Crippen LogP contribution in [0.2, 0.25) is 0 Å². The van der Waals surface area contributed by atoms with Gasteiger partial charge in [0.1, 0.15) is 12.2 Å². The molecule has 2 N–H and O–H groups in total. The molecule has 1 aromatic rings. The highest BCUT2D eigenvalue weighted by Crippen LogP contribution is 1.95. The van der Waals surface area contributed by atoms with Gasteiger partial charge in [0.25, 0.3) is 0 Å². The molecule has 1 aromatic heterocycles. The third kappa shape index (κ3) is 8.21. The average molecular weight is 440 g/mol. The molecule has 128 valence electrons. The van der Waals surface area contributed by atoms with Crippen LogP contribution in [0.5, 0.6) is 0 Å². The van der Waals surface area contributed by atoms with Crippen molar-refractivity contribution in [2.75, 3.05) is 25.1 Å². The van der Waals surface area contributed by atoms with Crippen molar-refractivity contribution in [2.24, 2.45) is 4.99 Å². The van der Waals surface area contributed by atoms with Crippen LogP contribution >= 0.6 is 35.7 Å². The Hall–Kier alpha value is -0.510. The molecule has 0 aliphatic rings. The van der Waals surface area contributed by atoms with Gasteiger partial charge in [0.15, 0.2) is 5.96 Å². The number of halogens is 1. The van der Waals surface area contributed by atoms with Crippen molar-refractivity contribution < 1.29 is 0 Å². The second-order valence-corrected chi connectivity index (χ2v) is 5.88. The lowest BCUT2D eigenvalue weighted by molar-refractivity contribution is 0.600. The van der Waals surface area contributed by atoms with Crippen LogP contribution in [0, 0.1) is 0 Å². The van der Waals surface area contributed by atoms with Gasteiger partial charge in [0.05, 0.1) is 6.54 Å². The molecule has 1 atom stereocenters. The fourth-order valence-corrected chi connectivity index (χ4v) is 2.04. The summed E-state index contributed by atoms with van der Waals surface area (Å²) in [4.78, 5) is 4.60. The lowest BCUT2D eigenvalue weighted by atomic mass is 10.3. The Morgan fingerprint density at radius 3 is 2.86 bits per heavy atom. The first kappa shape index (κ1) is 21.5. The molecule has 22 heavy (non-hydrogen) atoms. The van der Waals surface area contributed by atoms with Crippen molar-refractivity contribution in [3.63, 3.8) is 0 Å². The normalized spacial score (nSPS) is 12.6. The van der Waals surface area contributed by atoms with Crippen LogP contribution in [-0.2, 0) is 13.0 Å². The van der Waals surface area contributed by atoms with E-state index in [-0.39, 0.29) is 24.0 Å². The molecule has 0 radical (unpaired) electrons. The zero-order valence-corrected chi connectivity index (χ0v) is 17.1. The van der Waals surface area contributed by atoms with Crippen molar-refractivity contribution >= 4 is 41.7 Å². The number of rotatable bonds is 9. The second kappa shape index (κ2) is 13.0. The number of aliphatic imine (C=N–C) groups is 1. The predicted octanol–water partition coefficient (Wildman–Crippen LogP) is 2.16. The Morgan fingerprint density at radius 1 is 1.45 bits per heavy atom. The SMILES string of the molecule is CCc1nncn1CCNC(=NCCSC)NC(C)CC.I. The summed E-state index contributed by atoms with van der Waals surface area (Å²) >= 11 is 1.81. The van der Waals surface area contributed by atoms with Crippen LogP contribution in [-0.4, -0.2) is 51.9 Å². The Morgan fingerprint density at radius 2 is 2.23 bits per heavy atom. The predicted molar refractivity (Wildman–Crippen MR) is 106 cm³/mol. The fraction of sp³-hybridized carbons (Fsp3) is 0.786. The maximum Gasteiger partial charge on any atom is 0.191 e. The Bertz CT molecular complexity index is 423. The summed E-state index contributed by atoms with van der Waals surface area (Å²) in [6.07, 6.45) is 5.87. The van der Waals surface area contributed by atoms with Gasteiger partial charge in [-0.3, -0.25) is 4.99 Å². The quantitative estimate of drug-likeness (QED) is 0.267. The van der Waals surface area contributed by atoms with E-state index in [9.17, 15) is 0 Å². The number of thioether (sulfide) groups is 1. The molecule has 1 rings (SSSR count). The minimum atomic E-state index is 0. The molecule has 1 unspecified atom stereocenters. The van der Waals surface area contributed by atoms with E-state index in [1.807, 2.05) is 11.8 Å². The van der Waals surface area contributed by atoms with Crippen molar-refractivity contribution in [1.29, 1.82) is 0 Å². The first-order chi connectivity index (χ1) is 10.2. The second-order valence-electron chi connectivity index (χ2n) is 4.90. The molecule has 0 aromatic carbocycles. The molecule has 0 amide bonds. The first-order valence-corrected chi connectivity index (χ1v) is 9.01. The summed E-state index contributed by atoms with van der Waals surface area (Å²) in [6, 6.07) is 0.423. The minimum Gasteiger partial charge on any atom is -0.355 e. The van der Waals surface area contributed by atoms with Crippen molar-refractivity contribution in [3.8, 4) is 0 Å². The zero-order chi connectivity index (χ0) is 15.5. The highest BCUT2D eigenvalue weighted by atomic mass is 127. The van der Waals surface area contributed by atoms with E-state index in [0.717, 1.165) is 50.0 Å². The van der Waals surface area contributed by atoms with Gasteiger partial charge in [-0.25, -0.2) is 0 Å². The van der Waals surface area contributed by atoms with Crippen molar-refractivity contribution in [3.05, 3.63) is 12.2 Å². The number of hydrogen-bond acceptors (Lipinski definition) is 4.